The van der Waals surface area contributed by atoms with E-state index in [1.54, 1.807) is 11.3 Å². The molecule has 0 saturated heterocycles. The van der Waals surface area contributed by atoms with Gasteiger partial charge in [0, 0.05) is 17.3 Å². The van der Waals surface area contributed by atoms with E-state index in [-0.39, 0.29) is 11.2 Å². The van der Waals surface area contributed by atoms with Crippen molar-refractivity contribution in [1.29, 1.82) is 0 Å². The minimum atomic E-state index is -0.182. The molecule has 5 nitrogen and oxygen atoms in total. The number of carbonyl (C=O) groups is 1. The van der Waals surface area contributed by atoms with Crippen molar-refractivity contribution in [1.82, 2.24) is 20.5 Å². The molecule has 3 rings (SSSR count). The Kier molecular flexibility index (Phi) is 6.31. The van der Waals surface area contributed by atoms with Crippen LogP contribution < -0.4 is 5.32 Å². The molecule has 0 spiro atoms. The van der Waals surface area contributed by atoms with Crippen molar-refractivity contribution in [3.63, 3.8) is 0 Å². The summed E-state index contributed by atoms with van der Waals surface area (Å²) in [6.07, 6.45) is 8.00. The highest BCUT2D eigenvalue weighted by Crippen LogP contribution is 2.22. The van der Waals surface area contributed by atoms with Gasteiger partial charge in [0.05, 0.1) is 5.25 Å². The first-order valence-electron chi connectivity index (χ1n) is 8.61. The third-order valence-electron chi connectivity index (χ3n) is 4.29. The monoisotopic (exact) mass is 364 g/mol. The van der Waals surface area contributed by atoms with Gasteiger partial charge in [-0.05, 0) is 31.2 Å². The predicted octanol–water partition coefficient (Wildman–Crippen LogP) is 3.78. The summed E-state index contributed by atoms with van der Waals surface area (Å²) < 4.78 is 0. The summed E-state index contributed by atoms with van der Waals surface area (Å²) in [4.78, 5) is 18.1. The molecule has 2 N–H and O–H groups in total. The smallest absolute Gasteiger partial charge is 0.233 e. The summed E-state index contributed by atoms with van der Waals surface area (Å²) in [5, 5.41) is 12.9. The van der Waals surface area contributed by atoms with E-state index in [0.29, 0.717) is 11.2 Å². The van der Waals surface area contributed by atoms with Gasteiger partial charge in [-0.25, -0.2) is 4.98 Å². The summed E-state index contributed by atoms with van der Waals surface area (Å²) in [6.45, 7) is 1.92. The number of hydrogen-bond acceptors (Lipinski definition) is 5. The van der Waals surface area contributed by atoms with Crippen molar-refractivity contribution in [3.8, 4) is 0 Å². The quantitative estimate of drug-likeness (QED) is 0.604. The van der Waals surface area contributed by atoms with Crippen molar-refractivity contribution < 1.29 is 4.79 Å². The number of thiophene rings is 1. The van der Waals surface area contributed by atoms with Crippen LogP contribution in [0.2, 0.25) is 0 Å². The standard InChI is InChI=1S/C17H24N4OS2/c1-12(16(22)18-13-7-4-2-3-5-8-13)24-17-19-15(20-21-17)11-14-9-6-10-23-14/h6,9-10,12-13H,2-5,7-8,11H2,1H3,(H,18,22)(H,19,20,21). The van der Waals surface area contributed by atoms with Crippen LogP contribution in [0.25, 0.3) is 0 Å². The highest BCUT2D eigenvalue weighted by molar-refractivity contribution is 8.00. The second-order valence-corrected chi connectivity index (χ2v) is 8.62. The zero-order valence-corrected chi connectivity index (χ0v) is 15.6. The van der Waals surface area contributed by atoms with E-state index in [4.69, 9.17) is 0 Å². The lowest BCUT2D eigenvalue weighted by atomic mass is 10.1. The Morgan fingerprint density at radius 1 is 1.42 bits per heavy atom. The summed E-state index contributed by atoms with van der Waals surface area (Å²) in [5.41, 5.74) is 0. The van der Waals surface area contributed by atoms with Gasteiger partial charge in [0.15, 0.2) is 0 Å². The average Bonchev–Trinajstić information content (AvgIpc) is 3.16. The van der Waals surface area contributed by atoms with Gasteiger partial charge in [-0.15, -0.1) is 16.4 Å². The van der Waals surface area contributed by atoms with Crippen LogP contribution in [0.1, 0.15) is 56.2 Å². The molecule has 0 aliphatic heterocycles. The molecule has 0 aromatic carbocycles. The molecule has 24 heavy (non-hydrogen) atoms. The molecule has 7 heteroatoms. The molecule has 2 aromatic rings. The van der Waals surface area contributed by atoms with Crippen LogP contribution >= 0.6 is 23.1 Å². The van der Waals surface area contributed by atoms with Crippen LogP contribution in [0.3, 0.4) is 0 Å². The maximum absolute atomic E-state index is 12.4. The fourth-order valence-electron chi connectivity index (χ4n) is 2.94. The molecule has 1 atom stereocenters. The highest BCUT2D eigenvalue weighted by Gasteiger charge is 2.21. The third kappa shape index (κ3) is 5.08. The molecule has 1 aliphatic carbocycles. The fourth-order valence-corrected chi connectivity index (χ4v) is 4.40. The lowest BCUT2D eigenvalue weighted by molar-refractivity contribution is -0.121. The van der Waals surface area contributed by atoms with Gasteiger partial charge in [-0.1, -0.05) is 43.5 Å². The normalized spacial score (nSPS) is 17.4. The van der Waals surface area contributed by atoms with Crippen molar-refractivity contribution in [2.75, 3.05) is 0 Å². The number of amides is 1. The number of carbonyl (C=O) groups excluding carboxylic acids is 1. The molecular weight excluding hydrogens is 340 g/mol. The first-order chi connectivity index (χ1) is 11.7. The number of thioether (sulfide) groups is 1. The molecule has 1 saturated carbocycles. The predicted molar refractivity (Wildman–Crippen MR) is 98.5 cm³/mol. The fraction of sp³-hybridized carbons (Fsp3) is 0.588. The lowest BCUT2D eigenvalue weighted by Crippen LogP contribution is -2.39. The zero-order chi connectivity index (χ0) is 16.8. The van der Waals surface area contributed by atoms with Crippen LogP contribution in [-0.2, 0) is 11.2 Å². The number of nitrogens with zero attached hydrogens (tertiary/aromatic N) is 2. The van der Waals surface area contributed by atoms with Crippen molar-refractivity contribution in [3.05, 3.63) is 28.2 Å². The van der Waals surface area contributed by atoms with E-state index in [2.05, 4.69) is 31.9 Å². The Hall–Kier alpha value is -1.34. The Bertz CT molecular complexity index is 633. The number of hydrogen-bond donors (Lipinski definition) is 2. The number of rotatable bonds is 6. The number of nitrogens with one attached hydrogen (secondary N) is 2. The highest BCUT2D eigenvalue weighted by atomic mass is 32.2. The van der Waals surface area contributed by atoms with Gasteiger partial charge >= 0.3 is 0 Å². The van der Waals surface area contributed by atoms with Crippen LogP contribution in [-0.4, -0.2) is 32.4 Å². The van der Waals surface area contributed by atoms with Crippen molar-refractivity contribution in [2.24, 2.45) is 0 Å². The molecule has 1 amide bonds. The molecule has 1 fully saturated rings. The molecule has 1 unspecified atom stereocenters. The lowest BCUT2D eigenvalue weighted by Gasteiger charge is -2.18. The molecule has 0 radical (unpaired) electrons. The summed E-state index contributed by atoms with van der Waals surface area (Å²) >= 11 is 3.13. The second kappa shape index (κ2) is 8.67. The molecule has 1 aliphatic rings. The molecular formula is C17H24N4OS2. The van der Waals surface area contributed by atoms with E-state index in [0.717, 1.165) is 25.1 Å². The van der Waals surface area contributed by atoms with Crippen LogP contribution in [0, 0.1) is 0 Å². The summed E-state index contributed by atoms with van der Waals surface area (Å²) in [7, 11) is 0. The number of H-pyrrole nitrogens is 1. The topological polar surface area (TPSA) is 70.7 Å². The van der Waals surface area contributed by atoms with Crippen LogP contribution in [0.4, 0.5) is 0 Å². The van der Waals surface area contributed by atoms with Crippen LogP contribution in [0.5, 0.6) is 0 Å². The third-order valence-corrected chi connectivity index (χ3v) is 6.12. The largest absolute Gasteiger partial charge is 0.352 e. The summed E-state index contributed by atoms with van der Waals surface area (Å²) in [6, 6.07) is 4.46. The van der Waals surface area contributed by atoms with Gasteiger partial charge in [-0.2, -0.15) is 0 Å². The first kappa shape index (κ1) is 17.5. The van der Waals surface area contributed by atoms with Crippen LogP contribution in [0.15, 0.2) is 22.7 Å². The van der Waals surface area contributed by atoms with E-state index in [1.165, 1.54) is 42.3 Å². The van der Waals surface area contributed by atoms with E-state index in [9.17, 15) is 4.79 Å². The Labute approximate surface area is 151 Å². The van der Waals surface area contributed by atoms with Gasteiger partial charge in [0.1, 0.15) is 5.82 Å². The van der Waals surface area contributed by atoms with Gasteiger partial charge < -0.3 is 5.32 Å². The van der Waals surface area contributed by atoms with Crippen molar-refractivity contribution in [2.45, 2.75) is 68.3 Å². The number of aromatic nitrogens is 3. The van der Waals surface area contributed by atoms with E-state index >= 15 is 0 Å². The van der Waals surface area contributed by atoms with Gasteiger partial charge in [0.25, 0.3) is 0 Å². The first-order valence-corrected chi connectivity index (χ1v) is 10.4. The van der Waals surface area contributed by atoms with Gasteiger partial charge in [0.2, 0.25) is 11.1 Å². The molecule has 130 valence electrons. The van der Waals surface area contributed by atoms with E-state index < -0.39 is 0 Å². The molecule has 2 aromatic heterocycles. The second-order valence-electron chi connectivity index (χ2n) is 6.28. The minimum absolute atomic E-state index is 0.0940. The molecule has 0 bridgehead atoms. The van der Waals surface area contributed by atoms with E-state index in [1.807, 2.05) is 13.0 Å². The Balaban J connectivity index is 1.49. The zero-order valence-electron chi connectivity index (χ0n) is 14.0. The average molecular weight is 365 g/mol. The molecule has 2 heterocycles. The van der Waals surface area contributed by atoms with Crippen molar-refractivity contribution >= 4 is 29.0 Å². The minimum Gasteiger partial charge on any atom is -0.352 e. The maximum atomic E-state index is 12.4. The summed E-state index contributed by atoms with van der Waals surface area (Å²) in [5.74, 6) is 0.938. The Morgan fingerprint density at radius 3 is 2.92 bits per heavy atom. The van der Waals surface area contributed by atoms with Gasteiger partial charge in [-0.3, -0.25) is 9.89 Å². The Morgan fingerprint density at radius 2 is 2.21 bits per heavy atom. The number of aromatic amines is 1. The maximum Gasteiger partial charge on any atom is 0.233 e. The SMILES string of the molecule is CC(Sc1n[nH]c(Cc2cccs2)n1)C(=O)NC1CCCCCC1.